The van der Waals surface area contributed by atoms with E-state index in [-0.39, 0.29) is 5.41 Å². The van der Waals surface area contributed by atoms with Crippen LogP contribution in [-0.4, -0.2) is 22.6 Å². The van der Waals surface area contributed by atoms with Gasteiger partial charge in [0.05, 0.1) is 0 Å². The minimum Gasteiger partial charge on any atom is -0.314 e. The molecule has 0 aromatic carbocycles. The third-order valence-corrected chi connectivity index (χ3v) is 3.10. The molecule has 1 fully saturated rings. The molecule has 82 valence electrons. The van der Waals surface area contributed by atoms with Gasteiger partial charge in [0.15, 0.2) is 0 Å². The Bertz CT molecular complexity index is 304. The molecule has 0 saturated heterocycles. The lowest BCUT2D eigenvalue weighted by atomic mass is 9.83. The molecule has 0 amide bonds. The zero-order valence-electron chi connectivity index (χ0n) is 9.53. The van der Waals surface area contributed by atoms with Gasteiger partial charge in [-0.3, -0.25) is 0 Å². The standard InChI is InChI=1S/C12H19N3/c1-12(2,5-6-15-11-3-4-11)10-7-13-9-14-8-10/h7-9,11,15H,3-6H2,1-2H3. The van der Waals surface area contributed by atoms with Gasteiger partial charge in [-0.05, 0) is 36.8 Å². The van der Waals surface area contributed by atoms with Crippen molar-refractivity contribution in [2.45, 2.75) is 44.6 Å². The van der Waals surface area contributed by atoms with Gasteiger partial charge in [-0.25, -0.2) is 9.97 Å². The molecule has 0 unspecified atom stereocenters. The molecule has 0 bridgehead atoms. The van der Waals surface area contributed by atoms with Crippen molar-refractivity contribution in [1.29, 1.82) is 0 Å². The number of rotatable bonds is 5. The van der Waals surface area contributed by atoms with Gasteiger partial charge >= 0.3 is 0 Å². The number of hydrogen-bond donors (Lipinski definition) is 1. The highest BCUT2D eigenvalue weighted by atomic mass is 14.9. The number of aromatic nitrogens is 2. The van der Waals surface area contributed by atoms with E-state index in [9.17, 15) is 0 Å². The third kappa shape index (κ3) is 2.99. The molecule has 1 heterocycles. The molecule has 15 heavy (non-hydrogen) atoms. The molecule has 3 nitrogen and oxygen atoms in total. The fourth-order valence-electron chi connectivity index (χ4n) is 1.67. The predicted molar refractivity (Wildman–Crippen MR) is 60.7 cm³/mol. The van der Waals surface area contributed by atoms with Crippen LogP contribution in [0.3, 0.4) is 0 Å². The Balaban J connectivity index is 1.87. The van der Waals surface area contributed by atoms with Gasteiger partial charge in [0.2, 0.25) is 0 Å². The normalized spacial score (nSPS) is 16.7. The van der Waals surface area contributed by atoms with E-state index in [0.717, 1.165) is 19.0 Å². The van der Waals surface area contributed by atoms with Gasteiger partial charge in [-0.2, -0.15) is 0 Å². The molecule has 1 aromatic heterocycles. The van der Waals surface area contributed by atoms with Crippen LogP contribution in [-0.2, 0) is 5.41 Å². The second-order valence-corrected chi connectivity index (χ2v) is 4.99. The Hall–Kier alpha value is -0.960. The summed E-state index contributed by atoms with van der Waals surface area (Å²) in [6.45, 7) is 5.59. The van der Waals surface area contributed by atoms with Crippen LogP contribution < -0.4 is 5.32 Å². The molecular formula is C12H19N3. The van der Waals surface area contributed by atoms with Crippen LogP contribution in [0, 0.1) is 0 Å². The predicted octanol–water partition coefficient (Wildman–Crippen LogP) is 1.90. The quantitative estimate of drug-likeness (QED) is 0.797. The maximum atomic E-state index is 4.07. The van der Waals surface area contributed by atoms with Crippen molar-refractivity contribution in [3.63, 3.8) is 0 Å². The first-order valence-corrected chi connectivity index (χ1v) is 5.67. The van der Waals surface area contributed by atoms with Gasteiger partial charge in [0, 0.05) is 18.4 Å². The second-order valence-electron chi connectivity index (χ2n) is 4.99. The highest BCUT2D eigenvalue weighted by Gasteiger charge is 2.24. The molecule has 3 heteroatoms. The Morgan fingerprint density at radius 3 is 2.60 bits per heavy atom. The van der Waals surface area contributed by atoms with Crippen LogP contribution in [0.2, 0.25) is 0 Å². The summed E-state index contributed by atoms with van der Waals surface area (Å²) >= 11 is 0. The van der Waals surface area contributed by atoms with Gasteiger partial charge in [-0.15, -0.1) is 0 Å². The zero-order chi connectivity index (χ0) is 10.7. The Kier molecular flexibility index (Phi) is 3.00. The zero-order valence-corrected chi connectivity index (χ0v) is 9.53. The molecule has 1 N–H and O–H groups in total. The highest BCUT2D eigenvalue weighted by molar-refractivity contribution is 5.15. The van der Waals surface area contributed by atoms with Crippen LogP contribution in [0.15, 0.2) is 18.7 Å². The van der Waals surface area contributed by atoms with Crippen molar-refractivity contribution in [3.8, 4) is 0 Å². The van der Waals surface area contributed by atoms with Gasteiger partial charge < -0.3 is 5.32 Å². The van der Waals surface area contributed by atoms with Crippen LogP contribution in [0.5, 0.6) is 0 Å². The topological polar surface area (TPSA) is 37.8 Å². The molecule has 0 spiro atoms. The average Bonchev–Trinajstić information content (AvgIpc) is 3.03. The van der Waals surface area contributed by atoms with Crippen molar-refractivity contribution in [1.82, 2.24) is 15.3 Å². The molecule has 1 aromatic rings. The van der Waals surface area contributed by atoms with Gasteiger partial charge in [0.25, 0.3) is 0 Å². The molecule has 0 atom stereocenters. The smallest absolute Gasteiger partial charge is 0.115 e. The van der Waals surface area contributed by atoms with Crippen molar-refractivity contribution in [2.75, 3.05) is 6.54 Å². The first-order valence-electron chi connectivity index (χ1n) is 5.67. The van der Waals surface area contributed by atoms with Crippen LogP contribution in [0.4, 0.5) is 0 Å². The van der Waals surface area contributed by atoms with Crippen molar-refractivity contribution < 1.29 is 0 Å². The summed E-state index contributed by atoms with van der Waals surface area (Å²) < 4.78 is 0. The summed E-state index contributed by atoms with van der Waals surface area (Å²) in [7, 11) is 0. The Morgan fingerprint density at radius 2 is 2.00 bits per heavy atom. The summed E-state index contributed by atoms with van der Waals surface area (Å²) in [6, 6.07) is 0.799. The van der Waals surface area contributed by atoms with Crippen LogP contribution in [0.1, 0.15) is 38.7 Å². The van der Waals surface area contributed by atoms with E-state index in [1.165, 1.54) is 18.4 Å². The number of nitrogens with one attached hydrogen (secondary N) is 1. The number of hydrogen-bond acceptors (Lipinski definition) is 3. The number of nitrogens with zero attached hydrogens (tertiary/aromatic N) is 2. The first kappa shape index (κ1) is 10.6. The largest absolute Gasteiger partial charge is 0.314 e. The maximum Gasteiger partial charge on any atom is 0.115 e. The van der Waals surface area contributed by atoms with Crippen molar-refractivity contribution >= 4 is 0 Å². The molecule has 0 aliphatic heterocycles. The van der Waals surface area contributed by atoms with E-state index >= 15 is 0 Å². The average molecular weight is 205 g/mol. The van der Waals surface area contributed by atoms with Gasteiger partial charge in [-0.1, -0.05) is 13.8 Å². The summed E-state index contributed by atoms with van der Waals surface area (Å²) in [5, 5.41) is 3.54. The van der Waals surface area contributed by atoms with Crippen molar-refractivity contribution in [3.05, 3.63) is 24.3 Å². The highest BCUT2D eigenvalue weighted by Crippen LogP contribution is 2.26. The molecule has 1 aliphatic carbocycles. The summed E-state index contributed by atoms with van der Waals surface area (Å²) in [5.41, 5.74) is 1.39. The van der Waals surface area contributed by atoms with E-state index in [0.29, 0.717) is 0 Å². The summed E-state index contributed by atoms with van der Waals surface area (Å²) in [6.07, 6.45) is 9.27. The fraction of sp³-hybridized carbons (Fsp3) is 0.667. The third-order valence-electron chi connectivity index (χ3n) is 3.10. The van der Waals surface area contributed by atoms with Gasteiger partial charge in [0.1, 0.15) is 6.33 Å². The minimum atomic E-state index is 0.170. The Labute approximate surface area is 91.3 Å². The van der Waals surface area contributed by atoms with E-state index in [4.69, 9.17) is 0 Å². The fourth-order valence-corrected chi connectivity index (χ4v) is 1.67. The molecule has 1 aliphatic rings. The summed E-state index contributed by atoms with van der Waals surface area (Å²) in [5.74, 6) is 0. The lowest BCUT2D eigenvalue weighted by Gasteiger charge is -2.24. The van der Waals surface area contributed by atoms with E-state index in [1.807, 2.05) is 12.4 Å². The SMILES string of the molecule is CC(C)(CCNC1CC1)c1cncnc1. The van der Waals surface area contributed by atoms with Crippen molar-refractivity contribution in [2.24, 2.45) is 0 Å². The monoisotopic (exact) mass is 205 g/mol. The maximum absolute atomic E-state index is 4.07. The molecule has 2 rings (SSSR count). The van der Waals surface area contributed by atoms with Crippen LogP contribution >= 0.6 is 0 Å². The molecule has 0 radical (unpaired) electrons. The van der Waals surface area contributed by atoms with E-state index in [2.05, 4.69) is 29.1 Å². The van der Waals surface area contributed by atoms with E-state index < -0.39 is 0 Å². The lowest BCUT2D eigenvalue weighted by Crippen LogP contribution is -2.26. The lowest BCUT2D eigenvalue weighted by molar-refractivity contribution is 0.453. The summed E-state index contributed by atoms with van der Waals surface area (Å²) in [4.78, 5) is 8.15. The molecule has 1 saturated carbocycles. The minimum absolute atomic E-state index is 0.170. The second kappa shape index (κ2) is 4.27. The Morgan fingerprint density at radius 1 is 1.33 bits per heavy atom. The van der Waals surface area contributed by atoms with Crippen LogP contribution in [0.25, 0.3) is 0 Å². The molecular weight excluding hydrogens is 186 g/mol. The van der Waals surface area contributed by atoms with E-state index in [1.54, 1.807) is 6.33 Å². The first-order chi connectivity index (χ1) is 7.18.